The average Bonchev–Trinajstić information content (AvgIpc) is 2.43. The maximum absolute atomic E-state index is 12.3. The standard InChI is InChI=1S/C14H11ClF2N2O2/c15-10-7-8(5-6-11(10)18)19-13(20)9-3-1-2-4-12(9)21-14(16)17/h1-7,14H,18H2,(H,19,20). The molecule has 0 aliphatic rings. The molecule has 7 heteroatoms. The number of carbonyl (C=O) groups is 1. The van der Waals surface area contributed by atoms with Crippen LogP contribution in [0.15, 0.2) is 42.5 Å². The van der Waals surface area contributed by atoms with Gasteiger partial charge < -0.3 is 15.8 Å². The van der Waals surface area contributed by atoms with Gasteiger partial charge in [-0.15, -0.1) is 0 Å². The molecule has 110 valence electrons. The van der Waals surface area contributed by atoms with E-state index in [1.165, 1.54) is 30.3 Å². The van der Waals surface area contributed by atoms with Crippen LogP contribution in [0.5, 0.6) is 5.75 Å². The predicted octanol–water partition coefficient (Wildman–Crippen LogP) is 3.78. The summed E-state index contributed by atoms with van der Waals surface area (Å²) in [5.74, 6) is -0.793. The quantitative estimate of drug-likeness (QED) is 0.845. The molecule has 0 aromatic heterocycles. The number of amides is 1. The first kappa shape index (κ1) is 15.1. The summed E-state index contributed by atoms with van der Waals surface area (Å²) < 4.78 is 28.9. The number of benzene rings is 2. The van der Waals surface area contributed by atoms with Gasteiger partial charge in [-0.05, 0) is 30.3 Å². The number of hydrogen-bond acceptors (Lipinski definition) is 3. The van der Waals surface area contributed by atoms with E-state index in [0.29, 0.717) is 11.4 Å². The molecule has 0 heterocycles. The number of carbonyl (C=O) groups excluding carboxylic acids is 1. The molecule has 0 saturated heterocycles. The number of nitrogens with two attached hydrogens (primary N) is 1. The van der Waals surface area contributed by atoms with Gasteiger partial charge >= 0.3 is 6.61 Å². The minimum Gasteiger partial charge on any atom is -0.434 e. The van der Waals surface area contributed by atoms with Gasteiger partial charge in [-0.25, -0.2) is 0 Å². The monoisotopic (exact) mass is 312 g/mol. The highest BCUT2D eigenvalue weighted by molar-refractivity contribution is 6.33. The van der Waals surface area contributed by atoms with Crippen LogP contribution >= 0.6 is 11.6 Å². The van der Waals surface area contributed by atoms with Gasteiger partial charge in [0.05, 0.1) is 16.3 Å². The fraction of sp³-hybridized carbons (Fsp3) is 0.0714. The molecule has 2 rings (SSSR count). The van der Waals surface area contributed by atoms with Crippen molar-refractivity contribution in [2.75, 3.05) is 11.1 Å². The Balaban J connectivity index is 2.22. The molecule has 0 bridgehead atoms. The lowest BCUT2D eigenvalue weighted by Crippen LogP contribution is -2.15. The molecule has 2 aromatic rings. The van der Waals surface area contributed by atoms with Crippen molar-refractivity contribution in [3.05, 3.63) is 53.1 Å². The van der Waals surface area contributed by atoms with Crippen molar-refractivity contribution in [2.45, 2.75) is 6.61 Å². The summed E-state index contributed by atoms with van der Waals surface area (Å²) in [7, 11) is 0. The van der Waals surface area contributed by atoms with Crippen molar-refractivity contribution >= 4 is 28.9 Å². The fourth-order valence-electron chi connectivity index (χ4n) is 1.66. The molecule has 0 spiro atoms. The van der Waals surface area contributed by atoms with Gasteiger partial charge in [0, 0.05) is 5.69 Å². The number of ether oxygens (including phenoxy) is 1. The first-order valence-electron chi connectivity index (χ1n) is 5.87. The molecule has 3 N–H and O–H groups in total. The molecule has 0 radical (unpaired) electrons. The van der Waals surface area contributed by atoms with E-state index in [-0.39, 0.29) is 16.3 Å². The van der Waals surface area contributed by atoms with Crippen LogP contribution in [0.3, 0.4) is 0 Å². The molecule has 0 saturated carbocycles. The van der Waals surface area contributed by atoms with E-state index in [9.17, 15) is 13.6 Å². The largest absolute Gasteiger partial charge is 0.434 e. The SMILES string of the molecule is Nc1ccc(NC(=O)c2ccccc2OC(F)F)cc1Cl. The van der Waals surface area contributed by atoms with E-state index in [1.54, 1.807) is 12.1 Å². The predicted molar refractivity (Wildman–Crippen MR) is 76.9 cm³/mol. The first-order chi connectivity index (χ1) is 9.97. The van der Waals surface area contributed by atoms with E-state index < -0.39 is 12.5 Å². The molecule has 0 aliphatic heterocycles. The van der Waals surface area contributed by atoms with Crippen LogP contribution in [0.2, 0.25) is 5.02 Å². The van der Waals surface area contributed by atoms with E-state index in [1.807, 2.05) is 0 Å². The van der Waals surface area contributed by atoms with Crippen molar-refractivity contribution in [1.29, 1.82) is 0 Å². The zero-order valence-electron chi connectivity index (χ0n) is 10.6. The lowest BCUT2D eigenvalue weighted by atomic mass is 10.2. The highest BCUT2D eigenvalue weighted by Gasteiger charge is 2.15. The Kier molecular flexibility index (Phi) is 4.59. The molecule has 4 nitrogen and oxygen atoms in total. The maximum atomic E-state index is 12.3. The molecular weight excluding hydrogens is 302 g/mol. The summed E-state index contributed by atoms with van der Waals surface area (Å²) in [6.45, 7) is -3.01. The van der Waals surface area contributed by atoms with Crippen molar-refractivity contribution in [3.8, 4) is 5.75 Å². The zero-order chi connectivity index (χ0) is 15.4. The Morgan fingerprint density at radius 3 is 2.62 bits per heavy atom. The van der Waals surface area contributed by atoms with Gasteiger partial charge in [0.2, 0.25) is 0 Å². The first-order valence-corrected chi connectivity index (χ1v) is 6.25. The van der Waals surface area contributed by atoms with Gasteiger partial charge in [0.25, 0.3) is 5.91 Å². The summed E-state index contributed by atoms with van der Waals surface area (Å²) in [4.78, 5) is 12.1. The summed E-state index contributed by atoms with van der Waals surface area (Å²) in [6, 6.07) is 10.3. The summed E-state index contributed by atoms with van der Waals surface area (Å²) >= 11 is 5.84. The number of nitrogens with one attached hydrogen (secondary N) is 1. The van der Waals surface area contributed by atoms with Gasteiger partial charge in [-0.2, -0.15) is 8.78 Å². The molecule has 0 aliphatic carbocycles. The minimum atomic E-state index is -3.01. The third-order valence-corrected chi connectivity index (χ3v) is 2.93. The second-order valence-electron chi connectivity index (χ2n) is 4.07. The number of hydrogen-bond donors (Lipinski definition) is 2. The molecule has 0 unspecified atom stereocenters. The number of anilines is 2. The number of alkyl halides is 2. The molecule has 0 atom stereocenters. The third-order valence-electron chi connectivity index (χ3n) is 2.61. The zero-order valence-corrected chi connectivity index (χ0v) is 11.4. The average molecular weight is 313 g/mol. The van der Waals surface area contributed by atoms with Crippen molar-refractivity contribution < 1.29 is 18.3 Å². The summed E-state index contributed by atoms with van der Waals surface area (Å²) in [5.41, 5.74) is 6.32. The van der Waals surface area contributed by atoms with Gasteiger partial charge in [-0.3, -0.25) is 4.79 Å². The second kappa shape index (κ2) is 6.41. The Labute approximate surface area is 124 Å². The maximum Gasteiger partial charge on any atom is 0.387 e. The third kappa shape index (κ3) is 3.82. The normalized spacial score (nSPS) is 10.5. The van der Waals surface area contributed by atoms with Crippen LogP contribution in [0.1, 0.15) is 10.4 Å². The van der Waals surface area contributed by atoms with Crippen LogP contribution in [-0.2, 0) is 0 Å². The number of para-hydroxylation sites is 1. The summed E-state index contributed by atoms with van der Waals surface area (Å²) in [5, 5.41) is 2.82. The highest BCUT2D eigenvalue weighted by Crippen LogP contribution is 2.25. The number of halogens is 3. The molecule has 21 heavy (non-hydrogen) atoms. The fourth-order valence-corrected chi connectivity index (χ4v) is 1.84. The lowest BCUT2D eigenvalue weighted by Gasteiger charge is -2.11. The van der Waals surface area contributed by atoms with Gasteiger partial charge in [0.15, 0.2) is 0 Å². The Morgan fingerprint density at radius 1 is 1.24 bits per heavy atom. The van der Waals surface area contributed by atoms with Crippen molar-refractivity contribution in [2.24, 2.45) is 0 Å². The van der Waals surface area contributed by atoms with Gasteiger partial charge in [0.1, 0.15) is 5.75 Å². The molecular formula is C14H11ClF2N2O2. The lowest BCUT2D eigenvalue weighted by molar-refractivity contribution is -0.0501. The van der Waals surface area contributed by atoms with Crippen LogP contribution < -0.4 is 15.8 Å². The van der Waals surface area contributed by atoms with Crippen molar-refractivity contribution in [1.82, 2.24) is 0 Å². The van der Waals surface area contributed by atoms with Gasteiger partial charge in [-0.1, -0.05) is 23.7 Å². The topological polar surface area (TPSA) is 64.3 Å². The van der Waals surface area contributed by atoms with E-state index >= 15 is 0 Å². The van der Waals surface area contributed by atoms with Crippen LogP contribution in [0.25, 0.3) is 0 Å². The number of nitrogen functional groups attached to an aromatic ring is 1. The smallest absolute Gasteiger partial charge is 0.387 e. The highest BCUT2D eigenvalue weighted by atomic mass is 35.5. The molecule has 2 aromatic carbocycles. The summed E-state index contributed by atoms with van der Waals surface area (Å²) in [6.07, 6.45) is 0. The van der Waals surface area contributed by atoms with Crippen LogP contribution in [0, 0.1) is 0 Å². The Hall–Kier alpha value is -2.34. The van der Waals surface area contributed by atoms with E-state index in [4.69, 9.17) is 17.3 Å². The second-order valence-corrected chi connectivity index (χ2v) is 4.47. The Bertz CT molecular complexity index is 665. The molecule has 0 fully saturated rings. The number of rotatable bonds is 4. The van der Waals surface area contributed by atoms with E-state index in [0.717, 1.165) is 0 Å². The Morgan fingerprint density at radius 2 is 1.95 bits per heavy atom. The van der Waals surface area contributed by atoms with E-state index in [2.05, 4.69) is 10.1 Å². The van der Waals surface area contributed by atoms with Crippen molar-refractivity contribution in [3.63, 3.8) is 0 Å². The van der Waals surface area contributed by atoms with Crippen LogP contribution in [0.4, 0.5) is 20.2 Å². The minimum absolute atomic E-state index is 0.00857. The molecule has 1 amide bonds. The van der Waals surface area contributed by atoms with Crippen LogP contribution in [-0.4, -0.2) is 12.5 Å².